The van der Waals surface area contributed by atoms with Gasteiger partial charge in [-0.05, 0) is 25.3 Å². The number of carbonyl (C=O) groups excluding carboxylic acids is 1. The van der Waals surface area contributed by atoms with Crippen molar-refractivity contribution in [3.63, 3.8) is 0 Å². The maximum Gasteiger partial charge on any atom is 0.303 e. The fraction of sp³-hybridized carbons (Fsp3) is 0.700. The minimum absolute atomic E-state index is 0.0392. The van der Waals surface area contributed by atoms with Gasteiger partial charge in [-0.2, -0.15) is 0 Å². The van der Waals surface area contributed by atoms with Gasteiger partial charge in [-0.1, -0.05) is 11.6 Å². The smallest absolute Gasteiger partial charge is 0.303 e. The quantitative estimate of drug-likeness (QED) is 0.682. The molecule has 2 atom stereocenters. The van der Waals surface area contributed by atoms with Gasteiger partial charge < -0.3 is 9.47 Å². The van der Waals surface area contributed by atoms with Gasteiger partial charge in [0.2, 0.25) is 0 Å². The number of rotatable bonds is 3. The highest BCUT2D eigenvalue weighted by atomic mass is 35.5. The van der Waals surface area contributed by atoms with Crippen LogP contribution in [0.3, 0.4) is 0 Å². The Bertz CT molecular complexity index is 209. The Hall–Kier alpha value is -0.540. The fourth-order valence-electron chi connectivity index (χ4n) is 1.53. The molecule has 0 aliphatic carbocycles. The molecule has 3 nitrogen and oxygen atoms in total. The summed E-state index contributed by atoms with van der Waals surface area (Å²) in [6.07, 6.45) is 4.37. The lowest BCUT2D eigenvalue weighted by Gasteiger charge is -2.27. The molecule has 4 heteroatoms. The van der Waals surface area contributed by atoms with E-state index in [1.54, 1.807) is 6.08 Å². The van der Waals surface area contributed by atoms with E-state index in [9.17, 15) is 4.79 Å². The van der Waals surface area contributed by atoms with Crippen molar-refractivity contribution in [3.05, 3.63) is 11.6 Å². The first kappa shape index (κ1) is 11.5. The Morgan fingerprint density at radius 2 is 2.43 bits per heavy atom. The van der Waals surface area contributed by atoms with Gasteiger partial charge in [-0.3, -0.25) is 4.79 Å². The molecule has 0 unspecified atom stereocenters. The second-order valence-electron chi connectivity index (χ2n) is 3.30. The highest BCUT2D eigenvalue weighted by Gasteiger charge is 2.24. The SMILES string of the molecule is CC(=O)O[C@H](/C=C/Cl)[C@H]1CCCCO1. The zero-order valence-corrected chi connectivity index (χ0v) is 9.00. The average molecular weight is 219 g/mol. The van der Waals surface area contributed by atoms with Crippen molar-refractivity contribution >= 4 is 17.6 Å². The monoisotopic (exact) mass is 218 g/mol. The number of carbonyl (C=O) groups is 1. The zero-order valence-electron chi connectivity index (χ0n) is 8.24. The number of hydrogen-bond acceptors (Lipinski definition) is 3. The van der Waals surface area contributed by atoms with Gasteiger partial charge in [0.25, 0.3) is 0 Å². The number of ether oxygens (including phenoxy) is 2. The van der Waals surface area contributed by atoms with Crippen molar-refractivity contribution in [2.24, 2.45) is 0 Å². The minimum atomic E-state index is -0.342. The summed E-state index contributed by atoms with van der Waals surface area (Å²) in [6, 6.07) is 0. The van der Waals surface area contributed by atoms with Gasteiger partial charge >= 0.3 is 5.97 Å². The highest BCUT2D eigenvalue weighted by Crippen LogP contribution is 2.19. The molecule has 1 saturated heterocycles. The lowest BCUT2D eigenvalue weighted by Crippen LogP contribution is -2.34. The molecule has 1 fully saturated rings. The molecule has 0 bridgehead atoms. The summed E-state index contributed by atoms with van der Waals surface area (Å²) in [4.78, 5) is 10.8. The van der Waals surface area contributed by atoms with Crippen LogP contribution in [-0.2, 0) is 14.3 Å². The molecule has 14 heavy (non-hydrogen) atoms. The van der Waals surface area contributed by atoms with E-state index < -0.39 is 0 Å². The lowest BCUT2D eigenvalue weighted by atomic mass is 10.0. The van der Waals surface area contributed by atoms with Crippen LogP contribution >= 0.6 is 11.6 Å². The third kappa shape index (κ3) is 3.68. The van der Waals surface area contributed by atoms with Gasteiger partial charge in [0.1, 0.15) is 6.10 Å². The largest absolute Gasteiger partial charge is 0.455 e. The Labute approximate surface area is 89.0 Å². The average Bonchev–Trinajstić information content (AvgIpc) is 2.18. The maximum absolute atomic E-state index is 10.8. The number of hydrogen-bond donors (Lipinski definition) is 0. The Morgan fingerprint density at radius 1 is 1.64 bits per heavy atom. The molecule has 0 radical (unpaired) electrons. The summed E-state index contributed by atoms with van der Waals surface area (Å²) in [7, 11) is 0. The molecule has 0 aromatic rings. The summed E-state index contributed by atoms with van der Waals surface area (Å²) in [6.45, 7) is 2.12. The first-order valence-corrected chi connectivity index (χ1v) is 5.23. The van der Waals surface area contributed by atoms with Gasteiger partial charge in [0, 0.05) is 19.1 Å². The summed E-state index contributed by atoms with van der Waals surface area (Å²) >= 11 is 5.47. The fourth-order valence-corrected chi connectivity index (χ4v) is 1.67. The van der Waals surface area contributed by atoms with E-state index in [1.807, 2.05) is 0 Å². The van der Waals surface area contributed by atoms with Crippen LogP contribution in [0.2, 0.25) is 0 Å². The normalized spacial score (nSPS) is 24.9. The molecule has 0 aromatic carbocycles. The van der Waals surface area contributed by atoms with Crippen molar-refractivity contribution in [3.8, 4) is 0 Å². The molecule has 80 valence electrons. The van der Waals surface area contributed by atoms with Gasteiger partial charge in [-0.25, -0.2) is 0 Å². The Balaban J connectivity index is 2.51. The molecule has 1 rings (SSSR count). The molecule has 0 aromatic heterocycles. The molecule has 1 heterocycles. The third-order valence-corrected chi connectivity index (χ3v) is 2.29. The van der Waals surface area contributed by atoms with E-state index in [-0.39, 0.29) is 18.2 Å². The molecule has 1 aliphatic heterocycles. The van der Waals surface area contributed by atoms with Crippen LogP contribution in [0, 0.1) is 0 Å². The molecular formula is C10H15ClO3. The summed E-state index contributed by atoms with van der Waals surface area (Å²) in [5, 5.41) is 0. The molecule has 0 saturated carbocycles. The molecular weight excluding hydrogens is 204 g/mol. The summed E-state index contributed by atoms with van der Waals surface area (Å²) in [5.41, 5.74) is 1.37. The van der Waals surface area contributed by atoms with Crippen LogP contribution in [0.1, 0.15) is 26.2 Å². The van der Waals surface area contributed by atoms with E-state index in [0.717, 1.165) is 25.9 Å². The van der Waals surface area contributed by atoms with Crippen LogP contribution in [0.15, 0.2) is 11.6 Å². The topological polar surface area (TPSA) is 35.5 Å². The van der Waals surface area contributed by atoms with E-state index in [0.29, 0.717) is 0 Å². The van der Waals surface area contributed by atoms with Crippen LogP contribution in [0.25, 0.3) is 0 Å². The number of esters is 1. The van der Waals surface area contributed by atoms with Crippen molar-refractivity contribution in [1.29, 1.82) is 0 Å². The first-order valence-electron chi connectivity index (χ1n) is 4.79. The van der Waals surface area contributed by atoms with Crippen molar-refractivity contribution in [1.82, 2.24) is 0 Å². The maximum atomic E-state index is 10.8. The number of halogens is 1. The predicted octanol–water partition coefficient (Wildman–Crippen LogP) is 2.24. The zero-order chi connectivity index (χ0) is 10.4. The molecule has 0 spiro atoms. The highest BCUT2D eigenvalue weighted by molar-refractivity contribution is 6.25. The second-order valence-corrected chi connectivity index (χ2v) is 3.55. The minimum Gasteiger partial charge on any atom is -0.455 e. The third-order valence-electron chi connectivity index (χ3n) is 2.15. The van der Waals surface area contributed by atoms with Crippen molar-refractivity contribution in [2.75, 3.05) is 6.61 Å². The molecule has 1 aliphatic rings. The Kier molecular flexibility index (Phi) is 4.98. The summed E-state index contributed by atoms with van der Waals surface area (Å²) < 4.78 is 10.6. The van der Waals surface area contributed by atoms with Crippen molar-refractivity contribution < 1.29 is 14.3 Å². The van der Waals surface area contributed by atoms with E-state index in [2.05, 4.69) is 0 Å². The lowest BCUT2D eigenvalue weighted by molar-refractivity contribution is -0.152. The summed E-state index contributed by atoms with van der Waals surface area (Å²) in [5.74, 6) is -0.307. The van der Waals surface area contributed by atoms with Crippen LogP contribution in [0.4, 0.5) is 0 Å². The molecule has 0 N–H and O–H groups in total. The van der Waals surface area contributed by atoms with E-state index in [1.165, 1.54) is 12.5 Å². The van der Waals surface area contributed by atoms with Crippen molar-refractivity contribution in [2.45, 2.75) is 38.4 Å². The van der Waals surface area contributed by atoms with Crippen LogP contribution in [0.5, 0.6) is 0 Å². The van der Waals surface area contributed by atoms with Crippen LogP contribution < -0.4 is 0 Å². The second kappa shape index (κ2) is 6.04. The van der Waals surface area contributed by atoms with Crippen LogP contribution in [-0.4, -0.2) is 24.8 Å². The predicted molar refractivity (Wildman–Crippen MR) is 54.1 cm³/mol. The van der Waals surface area contributed by atoms with Gasteiger partial charge in [-0.15, -0.1) is 0 Å². The van der Waals surface area contributed by atoms with E-state index in [4.69, 9.17) is 21.1 Å². The standard InChI is InChI=1S/C10H15ClO3/c1-8(12)14-10(5-6-11)9-4-2-3-7-13-9/h5-6,9-10H,2-4,7H2,1H3/b6-5+/t9-,10-/m1/s1. The Morgan fingerprint density at radius 3 is 2.93 bits per heavy atom. The van der Waals surface area contributed by atoms with Gasteiger partial charge in [0.05, 0.1) is 6.10 Å². The first-order chi connectivity index (χ1) is 6.74. The van der Waals surface area contributed by atoms with E-state index >= 15 is 0 Å². The van der Waals surface area contributed by atoms with Gasteiger partial charge in [0.15, 0.2) is 0 Å². The molecule has 0 amide bonds.